The molecule has 1 aromatic heterocycles. The first-order valence-electron chi connectivity index (χ1n) is 10.6. The van der Waals surface area contributed by atoms with Gasteiger partial charge in [0.25, 0.3) is 0 Å². The molecule has 0 aliphatic heterocycles. The van der Waals surface area contributed by atoms with Crippen molar-refractivity contribution in [2.75, 3.05) is 0 Å². The van der Waals surface area contributed by atoms with Gasteiger partial charge in [0, 0.05) is 27.3 Å². The number of fused-ring (bicyclic) bond motifs is 12. The zero-order valence-corrected chi connectivity index (χ0v) is 17.1. The Kier molecular flexibility index (Phi) is 2.88. The van der Waals surface area contributed by atoms with Crippen molar-refractivity contribution in [3.05, 3.63) is 96.1 Å². The molecule has 1 heteroatoms. The number of hydrogen-bond donors (Lipinski definition) is 1. The second-order valence-corrected chi connectivity index (χ2v) is 9.05. The first kappa shape index (κ1) is 16.2. The number of rotatable bonds is 0. The zero-order valence-electron chi connectivity index (χ0n) is 17.1. The predicted octanol–water partition coefficient (Wildman–Crippen LogP) is 7.93. The molecule has 30 heavy (non-hydrogen) atoms. The molecule has 5 aromatic carbocycles. The van der Waals surface area contributed by atoms with Crippen LogP contribution in [0.15, 0.2) is 84.9 Å². The van der Waals surface area contributed by atoms with Gasteiger partial charge in [-0.25, -0.2) is 0 Å². The molecule has 0 atom stereocenters. The largest absolute Gasteiger partial charge is 0.354 e. The monoisotopic (exact) mass is 383 g/mol. The van der Waals surface area contributed by atoms with Crippen LogP contribution in [0.25, 0.3) is 54.5 Å². The molecule has 0 saturated carbocycles. The Morgan fingerprint density at radius 3 is 2.10 bits per heavy atom. The minimum atomic E-state index is -0.0558. The Balaban J connectivity index is 1.84. The van der Waals surface area contributed by atoms with Crippen LogP contribution in [0.4, 0.5) is 0 Å². The highest BCUT2D eigenvalue weighted by Crippen LogP contribution is 2.56. The molecular weight excluding hydrogens is 362 g/mol. The molecule has 7 rings (SSSR count). The maximum Gasteiger partial charge on any atom is 0.0554 e. The minimum absolute atomic E-state index is 0.0558. The van der Waals surface area contributed by atoms with Gasteiger partial charge in [-0.3, -0.25) is 0 Å². The fourth-order valence-electron chi connectivity index (χ4n) is 5.88. The number of aromatic amines is 1. The number of nitrogens with one attached hydrogen (secondary N) is 1. The van der Waals surface area contributed by atoms with Gasteiger partial charge in [-0.05, 0) is 44.3 Å². The summed E-state index contributed by atoms with van der Waals surface area (Å²) in [5, 5.41) is 8.01. The van der Waals surface area contributed by atoms with Crippen LogP contribution in [0.1, 0.15) is 25.0 Å². The van der Waals surface area contributed by atoms with Crippen molar-refractivity contribution in [3.63, 3.8) is 0 Å². The van der Waals surface area contributed by atoms with Crippen molar-refractivity contribution < 1.29 is 0 Å². The Labute approximate surface area is 175 Å². The molecule has 0 saturated heterocycles. The van der Waals surface area contributed by atoms with E-state index >= 15 is 0 Å². The summed E-state index contributed by atoms with van der Waals surface area (Å²) < 4.78 is 0. The maximum absolute atomic E-state index is 3.81. The standard InChI is InChI=1S/C29H21N/c1-29(2)22-16-15-17-9-3-4-10-18(17)25(22)26-27(29)20-12-6-5-11-19(20)24-21-13-7-8-14-23(21)30-28(24)26/h3-16,30H,1-2H3. The molecule has 0 radical (unpaired) electrons. The van der Waals surface area contributed by atoms with Crippen LogP contribution < -0.4 is 0 Å². The van der Waals surface area contributed by atoms with Crippen LogP contribution in [0.3, 0.4) is 0 Å². The van der Waals surface area contributed by atoms with Gasteiger partial charge < -0.3 is 4.98 Å². The van der Waals surface area contributed by atoms with Crippen molar-refractivity contribution in [2.24, 2.45) is 0 Å². The topological polar surface area (TPSA) is 15.8 Å². The Morgan fingerprint density at radius 1 is 0.600 bits per heavy atom. The lowest BCUT2D eigenvalue weighted by molar-refractivity contribution is 0.667. The highest BCUT2D eigenvalue weighted by molar-refractivity contribution is 6.27. The van der Waals surface area contributed by atoms with E-state index in [1.54, 1.807) is 0 Å². The summed E-state index contributed by atoms with van der Waals surface area (Å²) in [5.74, 6) is 0. The fourth-order valence-corrected chi connectivity index (χ4v) is 5.88. The van der Waals surface area contributed by atoms with E-state index in [9.17, 15) is 0 Å². The van der Waals surface area contributed by atoms with Gasteiger partial charge in [-0.2, -0.15) is 0 Å². The quantitative estimate of drug-likeness (QED) is 0.274. The summed E-state index contributed by atoms with van der Waals surface area (Å²) >= 11 is 0. The Hall–Kier alpha value is -3.58. The van der Waals surface area contributed by atoms with Crippen molar-refractivity contribution in [1.82, 2.24) is 4.98 Å². The molecule has 0 fully saturated rings. The second-order valence-electron chi connectivity index (χ2n) is 9.05. The molecule has 1 nitrogen and oxygen atoms in total. The number of hydrogen-bond acceptors (Lipinski definition) is 0. The third-order valence-corrected chi connectivity index (χ3v) is 7.15. The van der Waals surface area contributed by atoms with Crippen LogP contribution in [0.5, 0.6) is 0 Å². The van der Waals surface area contributed by atoms with Crippen molar-refractivity contribution >= 4 is 43.4 Å². The van der Waals surface area contributed by atoms with Gasteiger partial charge in [0.05, 0.1) is 5.52 Å². The van der Waals surface area contributed by atoms with Crippen molar-refractivity contribution in [1.29, 1.82) is 0 Å². The lowest BCUT2D eigenvalue weighted by Gasteiger charge is -2.23. The third-order valence-electron chi connectivity index (χ3n) is 7.15. The van der Waals surface area contributed by atoms with E-state index in [0.717, 1.165) is 0 Å². The molecular formula is C29H21N. The van der Waals surface area contributed by atoms with E-state index in [2.05, 4.69) is 104 Å². The summed E-state index contributed by atoms with van der Waals surface area (Å²) in [5.41, 5.74) is 8.08. The first-order chi connectivity index (χ1) is 14.7. The van der Waals surface area contributed by atoms with Crippen LogP contribution in [0, 0.1) is 0 Å². The lowest BCUT2D eigenvalue weighted by Crippen LogP contribution is -2.15. The molecule has 0 spiro atoms. The summed E-state index contributed by atoms with van der Waals surface area (Å²) in [4.78, 5) is 3.81. The maximum atomic E-state index is 3.81. The molecule has 1 aliphatic carbocycles. The first-order valence-corrected chi connectivity index (χ1v) is 10.6. The van der Waals surface area contributed by atoms with E-state index in [0.29, 0.717) is 0 Å². The molecule has 6 aromatic rings. The van der Waals surface area contributed by atoms with Crippen molar-refractivity contribution in [2.45, 2.75) is 19.3 Å². The second kappa shape index (κ2) is 5.31. The smallest absolute Gasteiger partial charge is 0.0554 e. The van der Waals surface area contributed by atoms with E-state index < -0.39 is 0 Å². The van der Waals surface area contributed by atoms with Gasteiger partial charge in [0.15, 0.2) is 0 Å². The molecule has 0 bridgehead atoms. The third kappa shape index (κ3) is 1.79. The molecule has 0 unspecified atom stereocenters. The van der Waals surface area contributed by atoms with Gasteiger partial charge in [-0.1, -0.05) is 92.7 Å². The zero-order chi connectivity index (χ0) is 20.0. The van der Waals surface area contributed by atoms with Crippen molar-refractivity contribution in [3.8, 4) is 11.1 Å². The average Bonchev–Trinajstić information content (AvgIpc) is 3.27. The highest BCUT2D eigenvalue weighted by Gasteiger charge is 2.39. The summed E-state index contributed by atoms with van der Waals surface area (Å²) in [6.45, 7) is 4.76. The molecule has 142 valence electrons. The molecule has 1 heterocycles. The average molecular weight is 383 g/mol. The lowest BCUT2D eigenvalue weighted by atomic mass is 9.79. The van der Waals surface area contributed by atoms with Crippen LogP contribution in [0.2, 0.25) is 0 Å². The Morgan fingerprint density at radius 2 is 1.27 bits per heavy atom. The van der Waals surface area contributed by atoms with Gasteiger partial charge in [-0.15, -0.1) is 0 Å². The van der Waals surface area contributed by atoms with E-state index in [1.165, 1.54) is 65.6 Å². The molecule has 0 amide bonds. The van der Waals surface area contributed by atoms with Gasteiger partial charge >= 0.3 is 0 Å². The number of benzene rings is 5. The Bertz CT molecular complexity index is 1660. The van der Waals surface area contributed by atoms with Crippen LogP contribution in [-0.4, -0.2) is 4.98 Å². The normalized spacial score (nSPS) is 14.6. The summed E-state index contributed by atoms with van der Waals surface area (Å²) in [6.07, 6.45) is 0. The SMILES string of the molecule is CC1(C)c2ccc3ccccc3c2-c2c1c1ccccc1c1c2[nH]c2ccccc21. The van der Waals surface area contributed by atoms with E-state index in [4.69, 9.17) is 0 Å². The predicted molar refractivity (Wildman–Crippen MR) is 128 cm³/mol. The summed E-state index contributed by atoms with van der Waals surface area (Å²) in [7, 11) is 0. The van der Waals surface area contributed by atoms with Crippen LogP contribution >= 0.6 is 0 Å². The van der Waals surface area contributed by atoms with Gasteiger partial charge in [0.2, 0.25) is 0 Å². The van der Waals surface area contributed by atoms with E-state index in [-0.39, 0.29) is 5.41 Å². The van der Waals surface area contributed by atoms with E-state index in [1.807, 2.05) is 0 Å². The molecule has 1 N–H and O–H groups in total. The highest BCUT2D eigenvalue weighted by atomic mass is 14.7. The van der Waals surface area contributed by atoms with Crippen LogP contribution in [-0.2, 0) is 5.41 Å². The summed E-state index contributed by atoms with van der Waals surface area (Å²) in [6, 6.07) is 31.1. The van der Waals surface area contributed by atoms with Gasteiger partial charge in [0.1, 0.15) is 0 Å². The molecule has 1 aliphatic rings. The fraction of sp³-hybridized carbons (Fsp3) is 0.103. The number of para-hydroxylation sites is 1. The number of H-pyrrole nitrogens is 1. The minimum Gasteiger partial charge on any atom is -0.354 e. The number of aromatic nitrogens is 1.